The van der Waals surface area contributed by atoms with Gasteiger partial charge in [-0.1, -0.05) is 19.3 Å². The Kier molecular flexibility index (Phi) is 1.15. The minimum atomic E-state index is 0.240. The first-order chi connectivity index (χ1) is 5.79. The number of rotatable bonds is 0. The van der Waals surface area contributed by atoms with Gasteiger partial charge in [0.25, 0.3) is 0 Å². The van der Waals surface area contributed by atoms with E-state index < -0.39 is 0 Å². The molecule has 0 N–H and O–H groups in total. The van der Waals surface area contributed by atoms with Crippen LogP contribution in [0.3, 0.4) is 0 Å². The third-order valence-corrected chi connectivity index (χ3v) is 4.65. The van der Waals surface area contributed by atoms with Crippen LogP contribution >= 0.6 is 0 Å². The van der Waals surface area contributed by atoms with Crippen molar-refractivity contribution in [3.05, 3.63) is 0 Å². The zero-order chi connectivity index (χ0) is 8.23. The summed E-state index contributed by atoms with van der Waals surface area (Å²) in [5.74, 6) is 0.615. The van der Waals surface area contributed by atoms with E-state index in [-0.39, 0.29) is 5.41 Å². The van der Waals surface area contributed by atoms with Crippen LogP contribution in [0.2, 0.25) is 0 Å². The average molecular weight is 164 g/mol. The summed E-state index contributed by atoms with van der Waals surface area (Å²) >= 11 is 0. The molecule has 3 fully saturated rings. The maximum Gasteiger partial charge on any atom is 0.139 e. The third-order valence-electron chi connectivity index (χ3n) is 4.65. The van der Waals surface area contributed by atoms with Gasteiger partial charge in [-0.2, -0.15) is 0 Å². The highest BCUT2D eigenvalue weighted by molar-refractivity contribution is 5.92. The number of hydrogen-bond donors (Lipinski definition) is 0. The van der Waals surface area contributed by atoms with Crippen LogP contribution in [-0.2, 0) is 4.79 Å². The normalized spacial score (nSPS) is 51.2. The summed E-state index contributed by atoms with van der Waals surface area (Å²) in [5, 5.41) is 0. The first kappa shape index (κ1) is 7.11. The van der Waals surface area contributed by atoms with Gasteiger partial charge in [-0.3, -0.25) is 4.79 Å². The highest BCUT2D eigenvalue weighted by atomic mass is 16.1. The molecule has 3 rings (SSSR count). The van der Waals surface area contributed by atoms with Crippen LogP contribution in [0.1, 0.15) is 51.4 Å². The molecule has 0 aliphatic heterocycles. The number of carbonyl (C=O) groups is 1. The van der Waals surface area contributed by atoms with Crippen molar-refractivity contribution in [2.45, 2.75) is 51.4 Å². The summed E-state index contributed by atoms with van der Waals surface area (Å²) in [6.07, 6.45) is 10.1. The van der Waals surface area contributed by atoms with Gasteiger partial charge in [-0.05, 0) is 31.1 Å². The molecule has 0 saturated heterocycles. The fourth-order valence-electron chi connectivity index (χ4n) is 3.86. The van der Waals surface area contributed by atoms with Crippen molar-refractivity contribution >= 4 is 5.78 Å². The molecule has 1 heteroatoms. The Morgan fingerprint density at radius 2 is 1.83 bits per heavy atom. The van der Waals surface area contributed by atoms with E-state index in [0.29, 0.717) is 11.2 Å². The molecular formula is C11H16O. The molecule has 0 amide bonds. The van der Waals surface area contributed by atoms with Crippen molar-refractivity contribution in [3.63, 3.8) is 0 Å². The van der Waals surface area contributed by atoms with Gasteiger partial charge in [0.2, 0.25) is 0 Å². The van der Waals surface area contributed by atoms with Crippen molar-refractivity contribution in [3.8, 4) is 0 Å². The Labute approximate surface area is 73.5 Å². The van der Waals surface area contributed by atoms with Gasteiger partial charge in [0.1, 0.15) is 5.78 Å². The molecular weight excluding hydrogens is 148 g/mol. The van der Waals surface area contributed by atoms with Gasteiger partial charge < -0.3 is 0 Å². The van der Waals surface area contributed by atoms with Gasteiger partial charge in [-0.25, -0.2) is 0 Å². The second-order valence-corrected chi connectivity index (χ2v) is 5.02. The topological polar surface area (TPSA) is 17.1 Å². The van der Waals surface area contributed by atoms with Gasteiger partial charge in [0, 0.05) is 11.8 Å². The smallest absolute Gasteiger partial charge is 0.139 e. The quantitative estimate of drug-likeness (QED) is 0.538. The average Bonchev–Trinajstić information content (AvgIpc) is 2.64. The number of hydrogen-bond acceptors (Lipinski definition) is 1. The van der Waals surface area contributed by atoms with Crippen molar-refractivity contribution in [1.29, 1.82) is 0 Å². The Hall–Kier alpha value is -0.330. The SMILES string of the molecule is O=C1CC[C@@]23CCCCC[C@@]12C3. The molecule has 0 aromatic heterocycles. The Morgan fingerprint density at radius 3 is 2.75 bits per heavy atom. The van der Waals surface area contributed by atoms with Gasteiger partial charge in [0.15, 0.2) is 0 Å². The van der Waals surface area contributed by atoms with E-state index in [9.17, 15) is 4.79 Å². The van der Waals surface area contributed by atoms with Gasteiger partial charge in [0.05, 0.1) is 0 Å². The van der Waals surface area contributed by atoms with E-state index in [1.807, 2.05) is 0 Å². The molecule has 0 bridgehead atoms. The van der Waals surface area contributed by atoms with Crippen molar-refractivity contribution in [2.24, 2.45) is 10.8 Å². The molecule has 12 heavy (non-hydrogen) atoms. The van der Waals surface area contributed by atoms with Crippen LogP contribution in [-0.4, -0.2) is 5.78 Å². The fourth-order valence-corrected chi connectivity index (χ4v) is 3.86. The molecule has 1 nitrogen and oxygen atoms in total. The van der Waals surface area contributed by atoms with Crippen molar-refractivity contribution < 1.29 is 4.79 Å². The van der Waals surface area contributed by atoms with E-state index >= 15 is 0 Å². The van der Waals surface area contributed by atoms with E-state index in [0.717, 1.165) is 6.42 Å². The van der Waals surface area contributed by atoms with Crippen molar-refractivity contribution in [1.82, 2.24) is 0 Å². The Bertz CT molecular complexity index is 245. The lowest BCUT2D eigenvalue weighted by Gasteiger charge is -2.11. The van der Waals surface area contributed by atoms with Crippen LogP contribution < -0.4 is 0 Å². The lowest BCUT2D eigenvalue weighted by Crippen LogP contribution is -2.13. The van der Waals surface area contributed by atoms with E-state index in [1.54, 1.807) is 0 Å². The molecule has 66 valence electrons. The second kappa shape index (κ2) is 1.94. The molecule has 2 atom stereocenters. The summed E-state index contributed by atoms with van der Waals surface area (Å²) in [6, 6.07) is 0. The molecule has 0 heterocycles. The standard InChI is InChI=1S/C11H16O/c12-9-4-7-10-5-2-1-3-6-11(9,10)8-10/h1-8H2/t10-,11-/m1/s1. The first-order valence-corrected chi connectivity index (χ1v) is 5.33. The fraction of sp³-hybridized carbons (Fsp3) is 0.909. The van der Waals surface area contributed by atoms with E-state index in [2.05, 4.69) is 0 Å². The molecule has 0 aromatic carbocycles. The van der Waals surface area contributed by atoms with E-state index in [1.165, 1.54) is 44.9 Å². The molecule has 0 radical (unpaired) electrons. The monoisotopic (exact) mass is 164 g/mol. The maximum absolute atomic E-state index is 11.7. The molecule has 0 spiro atoms. The van der Waals surface area contributed by atoms with Crippen LogP contribution in [0, 0.1) is 10.8 Å². The molecule has 3 saturated carbocycles. The van der Waals surface area contributed by atoms with Gasteiger partial charge in [-0.15, -0.1) is 0 Å². The minimum absolute atomic E-state index is 0.240. The zero-order valence-corrected chi connectivity index (χ0v) is 7.57. The summed E-state index contributed by atoms with van der Waals surface area (Å²) in [4.78, 5) is 11.7. The zero-order valence-electron chi connectivity index (χ0n) is 7.57. The lowest BCUT2D eigenvalue weighted by atomic mass is 9.91. The third kappa shape index (κ3) is 0.605. The highest BCUT2D eigenvalue weighted by Crippen LogP contribution is 2.76. The summed E-state index contributed by atoms with van der Waals surface area (Å²) in [6.45, 7) is 0. The molecule has 3 aliphatic carbocycles. The van der Waals surface area contributed by atoms with Crippen LogP contribution in [0.4, 0.5) is 0 Å². The maximum atomic E-state index is 11.7. The molecule has 0 aromatic rings. The summed E-state index contributed by atoms with van der Waals surface area (Å²) in [7, 11) is 0. The van der Waals surface area contributed by atoms with Crippen LogP contribution in [0.15, 0.2) is 0 Å². The molecule has 0 unspecified atom stereocenters. The lowest BCUT2D eigenvalue weighted by molar-refractivity contribution is -0.123. The number of ketones is 1. The molecule has 3 aliphatic rings. The number of carbonyl (C=O) groups excluding carboxylic acids is 1. The minimum Gasteiger partial charge on any atom is -0.299 e. The summed E-state index contributed by atoms with van der Waals surface area (Å²) < 4.78 is 0. The largest absolute Gasteiger partial charge is 0.299 e. The first-order valence-electron chi connectivity index (χ1n) is 5.33. The Morgan fingerprint density at radius 1 is 1.00 bits per heavy atom. The van der Waals surface area contributed by atoms with Crippen LogP contribution in [0.5, 0.6) is 0 Å². The predicted molar refractivity (Wildman–Crippen MR) is 46.8 cm³/mol. The Balaban J connectivity index is 1.97. The number of Topliss-reactive ketones (excluding diaryl/α,β-unsaturated/α-hetero) is 1. The van der Waals surface area contributed by atoms with Crippen LogP contribution in [0.25, 0.3) is 0 Å². The van der Waals surface area contributed by atoms with E-state index in [4.69, 9.17) is 0 Å². The highest BCUT2D eigenvalue weighted by Gasteiger charge is 2.73. The summed E-state index contributed by atoms with van der Waals surface area (Å²) in [5.41, 5.74) is 0.782. The second-order valence-electron chi connectivity index (χ2n) is 5.02. The van der Waals surface area contributed by atoms with Crippen molar-refractivity contribution in [2.75, 3.05) is 0 Å². The van der Waals surface area contributed by atoms with Gasteiger partial charge >= 0.3 is 0 Å². The predicted octanol–water partition coefficient (Wildman–Crippen LogP) is 2.69.